The van der Waals surface area contributed by atoms with Gasteiger partial charge in [-0.3, -0.25) is 9.67 Å². The van der Waals surface area contributed by atoms with Crippen molar-refractivity contribution in [1.29, 1.82) is 0 Å². The molecule has 0 aliphatic heterocycles. The van der Waals surface area contributed by atoms with Gasteiger partial charge in [0.05, 0.1) is 6.54 Å². The number of aromatic nitrogens is 2. The maximum atomic E-state index is 4.34. The summed E-state index contributed by atoms with van der Waals surface area (Å²) in [6.45, 7) is 10.3. The van der Waals surface area contributed by atoms with Gasteiger partial charge < -0.3 is 15.5 Å². The van der Waals surface area contributed by atoms with Crippen molar-refractivity contribution >= 4 is 29.9 Å². The van der Waals surface area contributed by atoms with Gasteiger partial charge >= 0.3 is 0 Å². The van der Waals surface area contributed by atoms with Crippen LogP contribution in [0.4, 0.5) is 0 Å². The van der Waals surface area contributed by atoms with Crippen molar-refractivity contribution in [2.24, 2.45) is 4.99 Å². The Balaban J connectivity index is 0.00000392. The Labute approximate surface area is 186 Å². The van der Waals surface area contributed by atoms with E-state index in [0.29, 0.717) is 0 Å². The van der Waals surface area contributed by atoms with E-state index >= 15 is 0 Å². The normalized spacial score (nSPS) is 11.4. The number of nitrogens with one attached hydrogen (secondary N) is 2. The zero-order valence-electron chi connectivity index (χ0n) is 17.4. The second-order valence-electron chi connectivity index (χ2n) is 6.56. The molecular formula is C21H35IN6. The second-order valence-corrected chi connectivity index (χ2v) is 6.56. The first kappa shape index (κ1) is 24.4. The van der Waals surface area contributed by atoms with Gasteiger partial charge in [-0.1, -0.05) is 38.1 Å². The lowest BCUT2D eigenvalue weighted by Gasteiger charge is -2.18. The Hall–Kier alpha value is -1.61. The molecule has 0 spiro atoms. The zero-order valence-corrected chi connectivity index (χ0v) is 19.7. The van der Waals surface area contributed by atoms with Crippen molar-refractivity contribution in [2.45, 2.75) is 39.8 Å². The van der Waals surface area contributed by atoms with Crippen LogP contribution in [-0.2, 0) is 13.1 Å². The summed E-state index contributed by atoms with van der Waals surface area (Å²) in [4.78, 5) is 6.80. The molecular weight excluding hydrogens is 463 g/mol. The second kappa shape index (κ2) is 14.4. The third-order valence-corrected chi connectivity index (χ3v) is 4.77. The van der Waals surface area contributed by atoms with Gasteiger partial charge in [0.2, 0.25) is 0 Å². The quantitative estimate of drug-likeness (QED) is 0.216. The Morgan fingerprint density at radius 1 is 1.07 bits per heavy atom. The van der Waals surface area contributed by atoms with Crippen molar-refractivity contribution in [1.82, 2.24) is 25.3 Å². The van der Waals surface area contributed by atoms with Crippen LogP contribution in [0.5, 0.6) is 0 Å². The predicted octanol–water partition coefficient (Wildman–Crippen LogP) is 3.34. The standard InChI is InChI=1S/C21H34N6.HI/c1-4-26(5-2)15-9-8-13-23-21(22-3)24-17-19-11-6-7-12-20(19)18-27-16-10-14-25-27;/h6-7,10-12,14,16H,4-5,8-9,13,15,17-18H2,1-3H3,(H2,22,23,24);1H. The molecule has 28 heavy (non-hydrogen) atoms. The molecule has 0 saturated carbocycles. The Bertz CT molecular complexity index is 667. The molecule has 1 aromatic carbocycles. The molecule has 0 aliphatic carbocycles. The number of halogens is 1. The first-order valence-electron chi connectivity index (χ1n) is 9.97. The molecule has 2 aromatic rings. The smallest absolute Gasteiger partial charge is 0.191 e. The molecule has 2 rings (SSSR count). The zero-order chi connectivity index (χ0) is 19.3. The molecule has 0 bridgehead atoms. The van der Waals surface area contributed by atoms with Crippen LogP contribution < -0.4 is 10.6 Å². The number of unbranched alkanes of at least 4 members (excludes halogenated alkanes) is 1. The molecule has 0 radical (unpaired) electrons. The highest BCUT2D eigenvalue weighted by atomic mass is 127. The van der Waals surface area contributed by atoms with Crippen molar-refractivity contribution in [2.75, 3.05) is 33.2 Å². The summed E-state index contributed by atoms with van der Waals surface area (Å²) in [5.41, 5.74) is 2.53. The van der Waals surface area contributed by atoms with E-state index in [1.165, 1.54) is 24.1 Å². The summed E-state index contributed by atoms with van der Waals surface area (Å²) in [5.74, 6) is 0.853. The lowest BCUT2D eigenvalue weighted by Crippen LogP contribution is -2.37. The third kappa shape index (κ3) is 8.60. The van der Waals surface area contributed by atoms with Crippen molar-refractivity contribution < 1.29 is 0 Å². The minimum absolute atomic E-state index is 0. The SMILES string of the molecule is CCN(CC)CCCCNC(=NC)NCc1ccccc1Cn1cccn1.I. The average molecular weight is 498 g/mol. The number of nitrogens with zero attached hydrogens (tertiary/aromatic N) is 4. The van der Waals surface area contributed by atoms with Crippen LogP contribution in [0, 0.1) is 0 Å². The first-order valence-corrected chi connectivity index (χ1v) is 9.97. The molecule has 0 atom stereocenters. The fraction of sp³-hybridized carbons (Fsp3) is 0.524. The van der Waals surface area contributed by atoms with Gasteiger partial charge in [-0.2, -0.15) is 5.10 Å². The number of hydrogen-bond donors (Lipinski definition) is 2. The number of hydrogen-bond acceptors (Lipinski definition) is 3. The summed E-state index contributed by atoms with van der Waals surface area (Å²) < 4.78 is 1.95. The van der Waals surface area contributed by atoms with Crippen LogP contribution in [0.1, 0.15) is 37.8 Å². The van der Waals surface area contributed by atoms with E-state index in [9.17, 15) is 0 Å². The molecule has 2 N–H and O–H groups in total. The van der Waals surface area contributed by atoms with Crippen LogP contribution in [0.25, 0.3) is 0 Å². The number of benzene rings is 1. The van der Waals surface area contributed by atoms with Crippen LogP contribution in [0.2, 0.25) is 0 Å². The lowest BCUT2D eigenvalue weighted by atomic mass is 10.1. The molecule has 7 heteroatoms. The molecule has 1 aromatic heterocycles. The summed E-state index contributed by atoms with van der Waals surface area (Å²) in [5, 5.41) is 11.1. The van der Waals surface area contributed by atoms with Crippen LogP contribution in [-0.4, -0.2) is 53.9 Å². The minimum Gasteiger partial charge on any atom is -0.356 e. The van der Waals surface area contributed by atoms with Gasteiger partial charge in [0, 0.05) is 32.5 Å². The maximum absolute atomic E-state index is 4.34. The van der Waals surface area contributed by atoms with Crippen LogP contribution in [0.15, 0.2) is 47.7 Å². The molecule has 0 amide bonds. The van der Waals surface area contributed by atoms with Gasteiger partial charge in [0.25, 0.3) is 0 Å². The van der Waals surface area contributed by atoms with Gasteiger partial charge in [0.1, 0.15) is 0 Å². The molecule has 0 aliphatic rings. The highest BCUT2D eigenvalue weighted by Gasteiger charge is 2.05. The first-order chi connectivity index (χ1) is 13.3. The van der Waals surface area contributed by atoms with E-state index in [2.05, 4.69) is 63.7 Å². The maximum Gasteiger partial charge on any atom is 0.191 e. The molecule has 1 heterocycles. The fourth-order valence-corrected chi connectivity index (χ4v) is 3.06. The Morgan fingerprint density at radius 3 is 2.46 bits per heavy atom. The highest BCUT2D eigenvalue weighted by Crippen LogP contribution is 2.10. The van der Waals surface area contributed by atoms with Crippen molar-refractivity contribution in [3.63, 3.8) is 0 Å². The summed E-state index contributed by atoms with van der Waals surface area (Å²) in [7, 11) is 1.82. The van der Waals surface area contributed by atoms with Gasteiger partial charge in [-0.25, -0.2) is 0 Å². The number of aliphatic imine (C=N–C) groups is 1. The van der Waals surface area contributed by atoms with Gasteiger partial charge in [-0.05, 0) is 49.7 Å². The summed E-state index contributed by atoms with van der Waals surface area (Å²) in [6, 6.07) is 10.4. The van der Waals surface area contributed by atoms with Crippen molar-refractivity contribution in [3.05, 3.63) is 53.9 Å². The minimum atomic E-state index is 0. The predicted molar refractivity (Wildman–Crippen MR) is 128 cm³/mol. The topological polar surface area (TPSA) is 57.5 Å². The van der Waals surface area contributed by atoms with Crippen molar-refractivity contribution in [3.8, 4) is 0 Å². The van der Waals surface area contributed by atoms with Crippen LogP contribution in [0.3, 0.4) is 0 Å². The largest absolute Gasteiger partial charge is 0.356 e. The Morgan fingerprint density at radius 2 is 1.82 bits per heavy atom. The molecule has 6 nitrogen and oxygen atoms in total. The molecule has 0 unspecified atom stereocenters. The van der Waals surface area contributed by atoms with E-state index in [-0.39, 0.29) is 24.0 Å². The number of rotatable bonds is 11. The average Bonchev–Trinajstić information content (AvgIpc) is 3.21. The third-order valence-electron chi connectivity index (χ3n) is 4.77. The van der Waals surface area contributed by atoms with E-state index < -0.39 is 0 Å². The van der Waals surface area contributed by atoms with E-state index in [4.69, 9.17) is 0 Å². The van der Waals surface area contributed by atoms with Gasteiger partial charge in [0.15, 0.2) is 5.96 Å². The molecule has 156 valence electrons. The van der Waals surface area contributed by atoms with E-state index in [0.717, 1.165) is 45.1 Å². The number of guanidine groups is 1. The highest BCUT2D eigenvalue weighted by molar-refractivity contribution is 14.0. The van der Waals surface area contributed by atoms with Crippen LogP contribution >= 0.6 is 24.0 Å². The monoisotopic (exact) mass is 498 g/mol. The molecule has 0 fully saturated rings. The fourth-order valence-electron chi connectivity index (χ4n) is 3.06. The lowest BCUT2D eigenvalue weighted by molar-refractivity contribution is 0.297. The Kier molecular flexibility index (Phi) is 12.6. The van der Waals surface area contributed by atoms with Gasteiger partial charge in [-0.15, -0.1) is 24.0 Å². The van der Waals surface area contributed by atoms with E-state index in [1.54, 1.807) is 0 Å². The summed E-state index contributed by atoms with van der Waals surface area (Å²) >= 11 is 0. The summed E-state index contributed by atoms with van der Waals surface area (Å²) in [6.07, 6.45) is 6.15. The van der Waals surface area contributed by atoms with E-state index in [1.807, 2.05) is 30.2 Å². The molecule has 0 saturated heterocycles.